The monoisotopic (exact) mass is 384 g/mol. The molecule has 0 saturated carbocycles. The van der Waals surface area contributed by atoms with Gasteiger partial charge in [0.2, 0.25) is 5.95 Å². The Hall–Kier alpha value is -2.99. The Morgan fingerprint density at radius 2 is 1.59 bits per heavy atom. The lowest BCUT2D eigenvalue weighted by Gasteiger charge is -2.13. The van der Waals surface area contributed by atoms with Gasteiger partial charge in [0.05, 0.1) is 24.9 Å². The summed E-state index contributed by atoms with van der Waals surface area (Å²) in [6, 6.07) is 13.2. The summed E-state index contributed by atoms with van der Waals surface area (Å²) in [5.74, 6) is 2.47. The third-order valence-electron chi connectivity index (χ3n) is 3.88. The van der Waals surface area contributed by atoms with Crippen LogP contribution in [0.2, 0.25) is 5.02 Å². The van der Waals surface area contributed by atoms with Crippen LogP contribution in [0.25, 0.3) is 0 Å². The molecule has 0 radical (unpaired) electrons. The van der Waals surface area contributed by atoms with Crippen molar-refractivity contribution in [2.75, 3.05) is 24.9 Å². The number of hydrogen-bond donors (Lipinski definition) is 2. The van der Waals surface area contributed by atoms with Crippen molar-refractivity contribution < 1.29 is 9.47 Å². The van der Waals surface area contributed by atoms with E-state index in [1.807, 2.05) is 44.2 Å². The first-order valence-electron chi connectivity index (χ1n) is 8.36. The molecule has 0 bridgehead atoms. The van der Waals surface area contributed by atoms with Gasteiger partial charge in [0.15, 0.2) is 0 Å². The van der Waals surface area contributed by atoms with E-state index in [0.29, 0.717) is 22.5 Å². The lowest BCUT2D eigenvalue weighted by Crippen LogP contribution is -2.03. The fourth-order valence-corrected chi connectivity index (χ4v) is 2.88. The van der Waals surface area contributed by atoms with Gasteiger partial charge in [0.1, 0.15) is 17.3 Å². The zero-order valence-electron chi connectivity index (χ0n) is 15.6. The normalized spacial score (nSPS) is 10.4. The van der Waals surface area contributed by atoms with Gasteiger partial charge in [-0.1, -0.05) is 17.7 Å². The quantitative estimate of drug-likeness (QED) is 0.604. The Kier molecular flexibility index (Phi) is 5.66. The lowest BCUT2D eigenvalue weighted by molar-refractivity contribution is 0.415. The average molecular weight is 385 g/mol. The molecule has 1 aromatic heterocycles. The van der Waals surface area contributed by atoms with Crippen molar-refractivity contribution in [2.24, 2.45) is 0 Å². The number of rotatable bonds is 6. The van der Waals surface area contributed by atoms with Crippen LogP contribution in [0.3, 0.4) is 0 Å². The Labute approximate surface area is 163 Å². The summed E-state index contributed by atoms with van der Waals surface area (Å²) in [5.41, 5.74) is 3.54. The first-order valence-corrected chi connectivity index (χ1v) is 8.74. The molecule has 0 spiro atoms. The summed E-state index contributed by atoms with van der Waals surface area (Å²) in [6.07, 6.45) is 0. The largest absolute Gasteiger partial charge is 0.495 e. The van der Waals surface area contributed by atoms with Crippen LogP contribution in [0.5, 0.6) is 11.5 Å². The molecule has 2 aromatic carbocycles. The van der Waals surface area contributed by atoms with Crippen molar-refractivity contribution in [3.8, 4) is 11.5 Å². The predicted molar refractivity (Wildman–Crippen MR) is 109 cm³/mol. The van der Waals surface area contributed by atoms with Crippen LogP contribution in [0.15, 0.2) is 42.5 Å². The Balaban J connectivity index is 1.86. The van der Waals surface area contributed by atoms with Crippen LogP contribution in [0.1, 0.15) is 11.3 Å². The third kappa shape index (κ3) is 4.60. The number of aryl methyl sites for hydroxylation is 2. The molecule has 0 atom stereocenters. The molecule has 0 aliphatic carbocycles. The van der Waals surface area contributed by atoms with Gasteiger partial charge in [0.25, 0.3) is 0 Å². The minimum Gasteiger partial charge on any atom is -0.495 e. The predicted octanol–water partition coefficient (Wildman–Crippen LogP) is 5.25. The van der Waals surface area contributed by atoms with E-state index in [2.05, 4.69) is 20.6 Å². The molecule has 0 saturated heterocycles. The topological polar surface area (TPSA) is 68.3 Å². The maximum atomic E-state index is 6.19. The number of hydrogen-bond acceptors (Lipinski definition) is 6. The summed E-state index contributed by atoms with van der Waals surface area (Å²) in [7, 11) is 3.22. The maximum absolute atomic E-state index is 6.19. The highest BCUT2D eigenvalue weighted by Crippen LogP contribution is 2.30. The van der Waals surface area contributed by atoms with Crippen molar-refractivity contribution in [3.05, 3.63) is 58.7 Å². The van der Waals surface area contributed by atoms with E-state index >= 15 is 0 Å². The molecule has 0 amide bonds. The van der Waals surface area contributed by atoms with Crippen LogP contribution < -0.4 is 20.1 Å². The smallest absolute Gasteiger partial charge is 0.229 e. The summed E-state index contributed by atoms with van der Waals surface area (Å²) in [6.45, 7) is 3.93. The van der Waals surface area contributed by atoms with Crippen LogP contribution >= 0.6 is 11.6 Å². The molecule has 3 aromatic rings. The summed E-state index contributed by atoms with van der Waals surface area (Å²) >= 11 is 6.19. The number of nitrogens with zero attached hydrogens (tertiary/aromatic N) is 2. The van der Waals surface area contributed by atoms with E-state index in [1.165, 1.54) is 0 Å². The number of anilines is 4. The Morgan fingerprint density at radius 3 is 2.30 bits per heavy atom. The third-order valence-corrected chi connectivity index (χ3v) is 4.18. The summed E-state index contributed by atoms with van der Waals surface area (Å²) in [4.78, 5) is 9.00. The van der Waals surface area contributed by atoms with Gasteiger partial charge in [-0.2, -0.15) is 4.98 Å². The zero-order valence-corrected chi connectivity index (χ0v) is 16.4. The molecule has 2 N–H and O–H groups in total. The number of halogens is 1. The van der Waals surface area contributed by atoms with Gasteiger partial charge in [-0.05, 0) is 49.7 Å². The van der Waals surface area contributed by atoms with Gasteiger partial charge < -0.3 is 20.1 Å². The minimum absolute atomic E-state index is 0.473. The molecule has 6 nitrogen and oxygen atoms in total. The molecule has 7 heteroatoms. The van der Waals surface area contributed by atoms with Crippen LogP contribution in [-0.4, -0.2) is 24.2 Å². The van der Waals surface area contributed by atoms with Crippen molar-refractivity contribution in [1.29, 1.82) is 0 Å². The number of ether oxygens (including phenoxy) is 2. The molecule has 0 unspecified atom stereocenters. The second-order valence-corrected chi connectivity index (χ2v) is 6.43. The van der Waals surface area contributed by atoms with E-state index in [-0.39, 0.29) is 0 Å². The van der Waals surface area contributed by atoms with E-state index in [1.54, 1.807) is 26.4 Å². The SMILES string of the molecule is COc1ccc(Nc2cc(C)nc(Nc3cc(C)ccc3OC)n2)cc1Cl. The maximum Gasteiger partial charge on any atom is 0.229 e. The van der Waals surface area contributed by atoms with Crippen LogP contribution in [0.4, 0.5) is 23.1 Å². The average Bonchev–Trinajstić information content (AvgIpc) is 2.61. The van der Waals surface area contributed by atoms with E-state index in [4.69, 9.17) is 21.1 Å². The molecule has 27 heavy (non-hydrogen) atoms. The highest BCUT2D eigenvalue weighted by Gasteiger charge is 2.09. The lowest BCUT2D eigenvalue weighted by atomic mass is 10.2. The van der Waals surface area contributed by atoms with Crippen molar-refractivity contribution in [3.63, 3.8) is 0 Å². The highest BCUT2D eigenvalue weighted by atomic mass is 35.5. The van der Waals surface area contributed by atoms with Gasteiger partial charge in [0, 0.05) is 17.4 Å². The molecule has 0 aliphatic heterocycles. The second kappa shape index (κ2) is 8.14. The van der Waals surface area contributed by atoms with Crippen molar-refractivity contribution >= 4 is 34.7 Å². The van der Waals surface area contributed by atoms with E-state index in [9.17, 15) is 0 Å². The number of benzene rings is 2. The highest BCUT2D eigenvalue weighted by molar-refractivity contribution is 6.32. The molecule has 140 valence electrons. The number of aromatic nitrogens is 2. The van der Waals surface area contributed by atoms with Gasteiger partial charge in [-0.15, -0.1) is 0 Å². The number of methoxy groups -OCH3 is 2. The van der Waals surface area contributed by atoms with Crippen molar-refractivity contribution in [2.45, 2.75) is 13.8 Å². The first kappa shape index (κ1) is 18.8. The number of nitrogens with one attached hydrogen (secondary N) is 2. The Bertz CT molecular complexity index is 963. The summed E-state index contributed by atoms with van der Waals surface area (Å²) < 4.78 is 10.6. The molecular weight excluding hydrogens is 364 g/mol. The fourth-order valence-electron chi connectivity index (χ4n) is 2.62. The molecule has 1 heterocycles. The zero-order chi connectivity index (χ0) is 19.4. The van der Waals surface area contributed by atoms with Gasteiger partial charge in [-0.3, -0.25) is 0 Å². The molecule has 0 fully saturated rings. The van der Waals surface area contributed by atoms with Crippen molar-refractivity contribution in [1.82, 2.24) is 9.97 Å². The Morgan fingerprint density at radius 1 is 0.852 bits per heavy atom. The second-order valence-electron chi connectivity index (χ2n) is 6.02. The van der Waals surface area contributed by atoms with E-state index in [0.717, 1.165) is 28.4 Å². The first-order chi connectivity index (χ1) is 13.0. The molecule has 3 rings (SSSR count). The van der Waals surface area contributed by atoms with E-state index < -0.39 is 0 Å². The van der Waals surface area contributed by atoms with Gasteiger partial charge >= 0.3 is 0 Å². The van der Waals surface area contributed by atoms with Gasteiger partial charge in [-0.25, -0.2) is 4.98 Å². The fraction of sp³-hybridized carbons (Fsp3) is 0.200. The van der Waals surface area contributed by atoms with Crippen LogP contribution in [-0.2, 0) is 0 Å². The minimum atomic E-state index is 0.473. The molecule has 0 aliphatic rings. The standard InChI is InChI=1S/C20H21ClN4O2/c1-12-5-7-18(27-4)16(9-12)24-20-22-13(2)10-19(25-20)23-14-6-8-17(26-3)15(21)11-14/h5-11H,1-4H3,(H2,22,23,24,25). The molecular formula is C20H21ClN4O2. The summed E-state index contributed by atoms with van der Waals surface area (Å²) in [5, 5.41) is 6.99. The van der Waals surface area contributed by atoms with Crippen LogP contribution in [0, 0.1) is 13.8 Å².